The first-order valence-corrected chi connectivity index (χ1v) is 8.55. The van der Waals surface area contributed by atoms with E-state index in [-0.39, 0.29) is 5.91 Å². The number of methoxy groups -OCH3 is 2. The molecule has 3 rings (SSSR count). The number of nitrogens with zero attached hydrogens (tertiary/aromatic N) is 1. The molecule has 5 nitrogen and oxygen atoms in total. The van der Waals surface area contributed by atoms with Crippen LogP contribution in [0.1, 0.15) is 5.56 Å². The van der Waals surface area contributed by atoms with E-state index in [1.54, 1.807) is 38.5 Å². The van der Waals surface area contributed by atoms with Crippen molar-refractivity contribution in [3.8, 4) is 11.5 Å². The highest BCUT2D eigenvalue weighted by Crippen LogP contribution is 2.29. The van der Waals surface area contributed by atoms with Crippen LogP contribution in [0.15, 0.2) is 42.5 Å². The molecule has 0 saturated heterocycles. The van der Waals surface area contributed by atoms with Gasteiger partial charge >= 0.3 is 0 Å². The van der Waals surface area contributed by atoms with Crippen LogP contribution in [0.4, 0.5) is 5.13 Å². The Morgan fingerprint density at radius 2 is 1.96 bits per heavy atom. The normalized spacial score (nSPS) is 11.0. The van der Waals surface area contributed by atoms with Crippen molar-refractivity contribution in [2.45, 2.75) is 0 Å². The maximum absolute atomic E-state index is 12.1. The van der Waals surface area contributed by atoms with Crippen molar-refractivity contribution < 1.29 is 14.3 Å². The second-order valence-corrected chi connectivity index (χ2v) is 6.54. The summed E-state index contributed by atoms with van der Waals surface area (Å²) in [5.41, 5.74) is 1.62. The molecule has 0 spiro atoms. The maximum atomic E-state index is 12.1. The van der Waals surface area contributed by atoms with Gasteiger partial charge in [-0.25, -0.2) is 4.98 Å². The Bertz CT molecular complexity index is 953. The van der Waals surface area contributed by atoms with E-state index in [9.17, 15) is 4.79 Å². The maximum Gasteiger partial charge on any atom is 0.250 e. The average Bonchev–Trinajstić information content (AvgIpc) is 3.00. The lowest BCUT2D eigenvalue weighted by molar-refractivity contribution is -0.111. The molecule has 0 aliphatic carbocycles. The van der Waals surface area contributed by atoms with Crippen LogP contribution < -0.4 is 14.8 Å². The third-order valence-corrected chi connectivity index (χ3v) is 4.58. The van der Waals surface area contributed by atoms with Gasteiger partial charge in [-0.15, -0.1) is 0 Å². The van der Waals surface area contributed by atoms with Crippen molar-refractivity contribution >= 4 is 50.3 Å². The highest BCUT2D eigenvalue weighted by Gasteiger charge is 2.07. The Labute approximate surface area is 153 Å². The Hall–Kier alpha value is -2.57. The summed E-state index contributed by atoms with van der Waals surface area (Å²) in [7, 11) is 3.14. The van der Waals surface area contributed by atoms with Crippen molar-refractivity contribution in [1.29, 1.82) is 0 Å². The molecule has 0 bridgehead atoms. The zero-order chi connectivity index (χ0) is 17.8. The van der Waals surface area contributed by atoms with Crippen molar-refractivity contribution in [1.82, 2.24) is 4.98 Å². The Morgan fingerprint density at radius 1 is 1.16 bits per heavy atom. The van der Waals surface area contributed by atoms with Crippen LogP contribution in [-0.2, 0) is 4.79 Å². The number of fused-ring (bicyclic) bond motifs is 1. The number of nitrogens with one attached hydrogen (secondary N) is 1. The number of halogens is 1. The molecule has 0 fully saturated rings. The van der Waals surface area contributed by atoms with Gasteiger partial charge in [0, 0.05) is 11.1 Å². The molecule has 1 heterocycles. The number of benzene rings is 2. The molecule has 3 aromatic rings. The average molecular weight is 375 g/mol. The van der Waals surface area contributed by atoms with Gasteiger partial charge < -0.3 is 9.47 Å². The van der Waals surface area contributed by atoms with E-state index in [1.807, 2.05) is 18.2 Å². The van der Waals surface area contributed by atoms with E-state index in [1.165, 1.54) is 17.4 Å². The smallest absolute Gasteiger partial charge is 0.250 e. The fourth-order valence-electron chi connectivity index (χ4n) is 2.23. The van der Waals surface area contributed by atoms with E-state index in [0.29, 0.717) is 21.7 Å². The number of ether oxygens (including phenoxy) is 2. The van der Waals surface area contributed by atoms with Crippen molar-refractivity contribution in [2.75, 3.05) is 19.5 Å². The standard InChI is InChI=1S/C18H15ClN2O3S/c1-23-14-7-3-11(9-15(14)24-2)4-8-17(22)21-18-20-13-6-5-12(19)10-16(13)25-18/h3-10H,1-2H3,(H,20,21,22)/b8-4+. The number of aromatic nitrogens is 1. The van der Waals surface area contributed by atoms with Crippen molar-refractivity contribution in [2.24, 2.45) is 0 Å². The molecule has 2 aromatic carbocycles. The van der Waals surface area contributed by atoms with Crippen LogP contribution in [0.5, 0.6) is 11.5 Å². The number of rotatable bonds is 5. The predicted molar refractivity (Wildman–Crippen MR) is 102 cm³/mol. The van der Waals surface area contributed by atoms with Gasteiger partial charge in [0.25, 0.3) is 0 Å². The first-order valence-electron chi connectivity index (χ1n) is 7.36. The third-order valence-electron chi connectivity index (χ3n) is 3.42. The van der Waals surface area contributed by atoms with Crippen LogP contribution in [0, 0.1) is 0 Å². The molecule has 1 N–H and O–H groups in total. The molecule has 128 valence electrons. The molecule has 1 amide bonds. The van der Waals surface area contributed by atoms with E-state index in [0.717, 1.165) is 15.8 Å². The van der Waals surface area contributed by atoms with Crippen LogP contribution in [0.3, 0.4) is 0 Å². The molecule has 0 atom stereocenters. The van der Waals surface area contributed by atoms with Gasteiger partial charge in [-0.2, -0.15) is 0 Å². The summed E-state index contributed by atoms with van der Waals surface area (Å²) in [6, 6.07) is 10.8. The summed E-state index contributed by atoms with van der Waals surface area (Å²) < 4.78 is 11.4. The predicted octanol–water partition coefficient (Wildman–Crippen LogP) is 4.62. The molecule has 0 aliphatic rings. The summed E-state index contributed by atoms with van der Waals surface area (Å²) in [6.07, 6.45) is 3.14. The first kappa shape index (κ1) is 17.3. The van der Waals surface area contributed by atoms with Gasteiger partial charge in [0.15, 0.2) is 16.6 Å². The molecular formula is C18H15ClN2O3S. The second kappa shape index (κ2) is 7.55. The zero-order valence-electron chi connectivity index (χ0n) is 13.6. The second-order valence-electron chi connectivity index (χ2n) is 5.07. The minimum Gasteiger partial charge on any atom is -0.493 e. The van der Waals surface area contributed by atoms with E-state index < -0.39 is 0 Å². The summed E-state index contributed by atoms with van der Waals surface area (Å²) in [5, 5.41) is 3.92. The van der Waals surface area contributed by atoms with Gasteiger partial charge in [-0.3, -0.25) is 10.1 Å². The summed E-state index contributed by atoms with van der Waals surface area (Å²) >= 11 is 7.33. The first-order chi connectivity index (χ1) is 12.1. The monoisotopic (exact) mass is 374 g/mol. The Kier molecular flexibility index (Phi) is 5.21. The number of thiazole rings is 1. The molecule has 0 saturated carbocycles. The van der Waals surface area contributed by atoms with Crippen molar-refractivity contribution in [3.05, 3.63) is 53.1 Å². The SMILES string of the molecule is COc1ccc(/C=C/C(=O)Nc2nc3ccc(Cl)cc3s2)cc1OC. The highest BCUT2D eigenvalue weighted by atomic mass is 35.5. The van der Waals surface area contributed by atoms with Crippen LogP contribution >= 0.6 is 22.9 Å². The van der Waals surface area contributed by atoms with Gasteiger partial charge in [0.1, 0.15) is 0 Å². The number of anilines is 1. The largest absolute Gasteiger partial charge is 0.493 e. The van der Waals surface area contributed by atoms with Crippen LogP contribution in [-0.4, -0.2) is 25.1 Å². The van der Waals surface area contributed by atoms with E-state index >= 15 is 0 Å². The summed E-state index contributed by atoms with van der Waals surface area (Å²) in [6.45, 7) is 0. The van der Waals surface area contributed by atoms with Gasteiger partial charge in [0.05, 0.1) is 24.4 Å². The van der Waals surface area contributed by atoms with E-state index in [4.69, 9.17) is 21.1 Å². The topological polar surface area (TPSA) is 60.5 Å². The lowest BCUT2D eigenvalue weighted by Gasteiger charge is -2.07. The number of hydrogen-bond donors (Lipinski definition) is 1. The molecule has 0 aliphatic heterocycles. The number of hydrogen-bond acceptors (Lipinski definition) is 5. The Balaban J connectivity index is 1.71. The molecule has 1 aromatic heterocycles. The summed E-state index contributed by atoms with van der Waals surface area (Å²) in [5.74, 6) is 0.977. The summed E-state index contributed by atoms with van der Waals surface area (Å²) in [4.78, 5) is 16.5. The number of amides is 1. The fourth-order valence-corrected chi connectivity index (χ4v) is 3.37. The Morgan fingerprint density at radius 3 is 2.72 bits per heavy atom. The third kappa shape index (κ3) is 4.10. The minimum absolute atomic E-state index is 0.264. The molecule has 0 unspecified atom stereocenters. The highest BCUT2D eigenvalue weighted by molar-refractivity contribution is 7.22. The number of carbonyl (C=O) groups excluding carboxylic acids is 1. The van der Waals surface area contributed by atoms with Gasteiger partial charge in [-0.05, 0) is 42.0 Å². The molecule has 25 heavy (non-hydrogen) atoms. The molecule has 0 radical (unpaired) electrons. The molecular weight excluding hydrogens is 360 g/mol. The van der Waals surface area contributed by atoms with Crippen LogP contribution in [0.2, 0.25) is 5.02 Å². The lowest BCUT2D eigenvalue weighted by Crippen LogP contribution is -2.07. The van der Waals surface area contributed by atoms with Crippen molar-refractivity contribution in [3.63, 3.8) is 0 Å². The zero-order valence-corrected chi connectivity index (χ0v) is 15.1. The van der Waals surface area contributed by atoms with Gasteiger partial charge in [-0.1, -0.05) is 29.0 Å². The van der Waals surface area contributed by atoms with Crippen LogP contribution in [0.25, 0.3) is 16.3 Å². The number of carbonyl (C=O) groups is 1. The minimum atomic E-state index is -0.264. The fraction of sp³-hybridized carbons (Fsp3) is 0.111. The van der Waals surface area contributed by atoms with E-state index in [2.05, 4.69) is 10.3 Å². The lowest BCUT2D eigenvalue weighted by atomic mass is 10.2. The quantitative estimate of drug-likeness (QED) is 0.662. The van der Waals surface area contributed by atoms with Gasteiger partial charge in [0.2, 0.25) is 5.91 Å². The molecule has 7 heteroatoms.